The first-order valence-electron chi connectivity index (χ1n) is 6.55. The highest BCUT2D eigenvalue weighted by Crippen LogP contribution is 2.14. The normalized spacial score (nSPS) is 11.8. The van der Waals surface area contributed by atoms with Crippen LogP contribution in [-0.2, 0) is 14.8 Å². The first-order valence-corrected chi connectivity index (χ1v) is 8.10. The summed E-state index contributed by atoms with van der Waals surface area (Å²) in [4.78, 5) is 2.07. The summed E-state index contributed by atoms with van der Waals surface area (Å²) in [6, 6.07) is 5.93. The van der Waals surface area contributed by atoms with E-state index in [4.69, 9.17) is 19.7 Å². The van der Waals surface area contributed by atoms with Crippen LogP contribution in [0.2, 0.25) is 0 Å². The number of rotatable bonds is 10. The summed E-state index contributed by atoms with van der Waals surface area (Å²) in [5.41, 5.74) is 0. The zero-order valence-corrected chi connectivity index (χ0v) is 12.9. The number of ether oxygens (including phenoxy) is 2. The van der Waals surface area contributed by atoms with Crippen molar-refractivity contribution in [2.75, 3.05) is 46.6 Å². The van der Waals surface area contributed by atoms with Crippen molar-refractivity contribution in [3.8, 4) is 5.75 Å². The van der Waals surface area contributed by atoms with Crippen LogP contribution in [0.25, 0.3) is 0 Å². The van der Waals surface area contributed by atoms with Crippen molar-refractivity contribution in [3.63, 3.8) is 0 Å². The maximum absolute atomic E-state index is 11.1. The molecule has 120 valence electrons. The van der Waals surface area contributed by atoms with E-state index in [-0.39, 0.29) is 11.5 Å². The lowest BCUT2D eigenvalue weighted by atomic mass is 10.3. The number of sulfonamides is 1. The molecule has 0 aliphatic heterocycles. The van der Waals surface area contributed by atoms with Gasteiger partial charge in [0.15, 0.2) is 0 Å². The molecule has 0 aliphatic rings. The minimum absolute atomic E-state index is 0.0526. The second kappa shape index (κ2) is 8.96. The first kappa shape index (κ1) is 17.9. The largest absolute Gasteiger partial charge is 0.492 e. The Morgan fingerprint density at radius 2 is 1.76 bits per heavy atom. The van der Waals surface area contributed by atoms with Crippen LogP contribution in [-0.4, -0.2) is 65.0 Å². The number of hydrogen-bond donors (Lipinski definition) is 2. The lowest BCUT2D eigenvalue weighted by molar-refractivity contribution is 0.118. The molecule has 7 nitrogen and oxygen atoms in total. The van der Waals surface area contributed by atoms with Gasteiger partial charge in [0.2, 0.25) is 10.0 Å². The topological polar surface area (TPSA) is 102 Å². The Labute approximate surface area is 125 Å². The van der Waals surface area contributed by atoms with Gasteiger partial charge in [-0.25, -0.2) is 13.6 Å². The first-order chi connectivity index (χ1) is 9.97. The van der Waals surface area contributed by atoms with Crippen LogP contribution in [0.3, 0.4) is 0 Å². The Balaban J connectivity index is 2.43. The maximum Gasteiger partial charge on any atom is 0.238 e. The molecular formula is C13H22N2O5S. The molecule has 1 aromatic carbocycles. The third kappa shape index (κ3) is 6.87. The zero-order valence-electron chi connectivity index (χ0n) is 12.1. The second-order valence-corrected chi connectivity index (χ2v) is 5.98. The van der Waals surface area contributed by atoms with E-state index in [1.807, 2.05) is 4.90 Å². The monoisotopic (exact) mass is 318 g/mol. The van der Waals surface area contributed by atoms with Crippen molar-refractivity contribution in [2.24, 2.45) is 5.14 Å². The summed E-state index contributed by atoms with van der Waals surface area (Å²) in [6.45, 7) is 3.00. The Kier molecular flexibility index (Phi) is 7.62. The average molecular weight is 318 g/mol. The van der Waals surface area contributed by atoms with E-state index < -0.39 is 10.0 Å². The van der Waals surface area contributed by atoms with Gasteiger partial charge < -0.3 is 14.6 Å². The Morgan fingerprint density at radius 1 is 1.14 bits per heavy atom. The number of primary sulfonamides is 1. The second-order valence-electron chi connectivity index (χ2n) is 4.42. The highest BCUT2D eigenvalue weighted by atomic mass is 32.2. The highest BCUT2D eigenvalue weighted by molar-refractivity contribution is 7.89. The van der Waals surface area contributed by atoms with Crippen molar-refractivity contribution in [2.45, 2.75) is 4.90 Å². The fourth-order valence-corrected chi connectivity index (χ4v) is 2.23. The van der Waals surface area contributed by atoms with Crippen molar-refractivity contribution in [1.29, 1.82) is 0 Å². The van der Waals surface area contributed by atoms with Crippen LogP contribution in [0.1, 0.15) is 0 Å². The van der Waals surface area contributed by atoms with Gasteiger partial charge in [0.1, 0.15) is 12.4 Å². The SMILES string of the molecule is COCCN(CCO)CCOc1ccc(S(N)(=O)=O)cc1. The van der Waals surface area contributed by atoms with Crippen molar-refractivity contribution in [3.05, 3.63) is 24.3 Å². The predicted molar refractivity (Wildman–Crippen MR) is 78.7 cm³/mol. The minimum Gasteiger partial charge on any atom is -0.492 e. The van der Waals surface area contributed by atoms with Gasteiger partial charge >= 0.3 is 0 Å². The molecule has 0 fully saturated rings. The standard InChI is InChI=1S/C13H22N2O5S/c1-19-10-7-15(6-9-16)8-11-20-12-2-4-13(5-3-12)21(14,17)18/h2-5,16H,6-11H2,1H3,(H2,14,17,18). The number of hydrogen-bond acceptors (Lipinski definition) is 6. The Bertz CT molecular complexity index is 504. The van der Waals surface area contributed by atoms with E-state index in [1.165, 1.54) is 12.1 Å². The van der Waals surface area contributed by atoms with Gasteiger partial charge in [0, 0.05) is 26.7 Å². The molecule has 0 spiro atoms. The summed E-state index contributed by atoms with van der Waals surface area (Å²) >= 11 is 0. The Morgan fingerprint density at radius 3 is 2.29 bits per heavy atom. The molecule has 0 unspecified atom stereocenters. The number of nitrogens with two attached hydrogens (primary N) is 1. The molecule has 0 heterocycles. The minimum atomic E-state index is -3.68. The average Bonchev–Trinajstić information content (AvgIpc) is 2.44. The van der Waals surface area contributed by atoms with Crippen molar-refractivity contribution < 1.29 is 23.0 Å². The molecule has 0 saturated heterocycles. The van der Waals surface area contributed by atoms with E-state index in [2.05, 4.69) is 0 Å². The van der Waals surface area contributed by atoms with Gasteiger partial charge in [0.05, 0.1) is 18.1 Å². The lowest BCUT2D eigenvalue weighted by Gasteiger charge is -2.20. The number of methoxy groups -OCH3 is 1. The molecule has 0 aliphatic carbocycles. The number of benzene rings is 1. The predicted octanol–water partition coefficient (Wildman–Crippen LogP) is -0.346. The molecule has 21 heavy (non-hydrogen) atoms. The number of nitrogens with zero attached hydrogens (tertiary/aromatic N) is 1. The zero-order chi connectivity index (χ0) is 15.7. The van der Waals surface area contributed by atoms with Gasteiger partial charge in [-0.3, -0.25) is 4.90 Å². The van der Waals surface area contributed by atoms with Crippen LogP contribution < -0.4 is 9.88 Å². The lowest BCUT2D eigenvalue weighted by Crippen LogP contribution is -2.33. The molecule has 1 aromatic rings. The summed E-state index contributed by atoms with van der Waals surface area (Å²) in [6.07, 6.45) is 0. The van der Waals surface area contributed by atoms with Crippen molar-refractivity contribution >= 4 is 10.0 Å². The highest BCUT2D eigenvalue weighted by Gasteiger charge is 2.08. The fourth-order valence-electron chi connectivity index (χ4n) is 1.72. The van der Waals surface area contributed by atoms with E-state index in [0.717, 1.165) is 0 Å². The van der Waals surface area contributed by atoms with E-state index in [0.29, 0.717) is 38.6 Å². The van der Waals surface area contributed by atoms with Gasteiger partial charge in [-0.05, 0) is 24.3 Å². The fraction of sp³-hybridized carbons (Fsp3) is 0.538. The van der Waals surface area contributed by atoms with Gasteiger partial charge in [-0.1, -0.05) is 0 Å². The van der Waals surface area contributed by atoms with Crippen LogP contribution >= 0.6 is 0 Å². The number of aliphatic hydroxyl groups is 1. The Hall–Kier alpha value is -1.19. The summed E-state index contributed by atoms with van der Waals surface area (Å²) in [5, 5.41) is 14.0. The van der Waals surface area contributed by atoms with Crippen LogP contribution in [0.4, 0.5) is 0 Å². The molecule has 0 atom stereocenters. The molecule has 0 amide bonds. The molecule has 0 bridgehead atoms. The summed E-state index contributed by atoms with van der Waals surface area (Å²) < 4.78 is 32.8. The van der Waals surface area contributed by atoms with Crippen LogP contribution in [0, 0.1) is 0 Å². The van der Waals surface area contributed by atoms with Gasteiger partial charge in [-0.15, -0.1) is 0 Å². The van der Waals surface area contributed by atoms with Crippen molar-refractivity contribution in [1.82, 2.24) is 4.90 Å². The third-order valence-electron chi connectivity index (χ3n) is 2.86. The smallest absolute Gasteiger partial charge is 0.238 e. The molecule has 8 heteroatoms. The molecule has 3 N–H and O–H groups in total. The van der Waals surface area contributed by atoms with E-state index in [1.54, 1.807) is 19.2 Å². The van der Waals surface area contributed by atoms with E-state index in [9.17, 15) is 8.42 Å². The van der Waals surface area contributed by atoms with Gasteiger partial charge in [0.25, 0.3) is 0 Å². The van der Waals surface area contributed by atoms with Crippen LogP contribution in [0.5, 0.6) is 5.75 Å². The third-order valence-corrected chi connectivity index (χ3v) is 3.79. The quantitative estimate of drug-likeness (QED) is 0.611. The molecule has 0 radical (unpaired) electrons. The van der Waals surface area contributed by atoms with Gasteiger partial charge in [-0.2, -0.15) is 0 Å². The molecule has 0 saturated carbocycles. The molecule has 0 aromatic heterocycles. The summed E-state index contributed by atoms with van der Waals surface area (Å²) in [7, 11) is -2.05. The molecule has 1 rings (SSSR count). The van der Waals surface area contributed by atoms with E-state index >= 15 is 0 Å². The molecular weight excluding hydrogens is 296 g/mol. The van der Waals surface area contributed by atoms with Crippen LogP contribution in [0.15, 0.2) is 29.2 Å². The number of aliphatic hydroxyl groups excluding tert-OH is 1. The summed E-state index contributed by atoms with van der Waals surface area (Å²) in [5.74, 6) is 0.568. The maximum atomic E-state index is 11.1.